The molecule has 0 bridgehead atoms. The Balaban J connectivity index is 1.27. The number of methoxy groups -OCH3 is 1. The molecule has 0 radical (unpaired) electrons. The third kappa shape index (κ3) is 9.94. The van der Waals surface area contributed by atoms with E-state index in [0.717, 1.165) is 70.0 Å². The fourth-order valence-electron chi connectivity index (χ4n) is 9.09. The summed E-state index contributed by atoms with van der Waals surface area (Å²) in [5.74, 6) is -1.51. The maximum Gasteiger partial charge on any atom is 0.408 e. The molecule has 3 saturated heterocycles. The molecule has 62 heavy (non-hydrogen) atoms. The SMILES string of the molecule is CCn1c(-c2cc(N3CCN4CCCC4C3)cnc2[C@H](C)OC)c(CC(C)(C)CO)c2cc(-c3csc(CC(NC(=O)OC(C)(C)C)C(=O)N4CCCC(C(=O)O)N4)n3)ccc21. The summed E-state index contributed by atoms with van der Waals surface area (Å²) < 4.78 is 13.8. The number of aromatic nitrogens is 3. The molecule has 15 nitrogen and oxygen atoms in total. The van der Waals surface area contributed by atoms with E-state index in [1.807, 2.05) is 18.5 Å². The van der Waals surface area contributed by atoms with Crippen LogP contribution in [0, 0.1) is 5.41 Å². The second kappa shape index (κ2) is 18.6. The van der Waals surface area contributed by atoms with Crippen LogP contribution in [0.15, 0.2) is 35.8 Å². The number of ether oxygens (including phenoxy) is 2. The van der Waals surface area contributed by atoms with Gasteiger partial charge in [0.05, 0.1) is 40.1 Å². The molecule has 4 atom stereocenters. The number of nitrogens with one attached hydrogen (secondary N) is 2. The summed E-state index contributed by atoms with van der Waals surface area (Å²) in [4.78, 5) is 54.0. The number of benzene rings is 1. The number of hydrogen-bond donors (Lipinski definition) is 4. The minimum absolute atomic E-state index is 0.00674. The summed E-state index contributed by atoms with van der Waals surface area (Å²) in [5, 5.41) is 28.0. The highest BCUT2D eigenvalue weighted by Crippen LogP contribution is 2.43. The molecule has 0 saturated carbocycles. The molecule has 3 aromatic heterocycles. The lowest BCUT2D eigenvalue weighted by Crippen LogP contribution is -2.60. The summed E-state index contributed by atoms with van der Waals surface area (Å²) in [5.41, 5.74) is 9.44. The van der Waals surface area contributed by atoms with Gasteiger partial charge in [-0.15, -0.1) is 11.3 Å². The Morgan fingerprint density at radius 3 is 2.55 bits per heavy atom. The Kier molecular flexibility index (Phi) is 13.6. The normalized spacial score (nSPS) is 19.7. The van der Waals surface area contributed by atoms with Gasteiger partial charge in [-0.2, -0.15) is 0 Å². The van der Waals surface area contributed by atoms with Crippen molar-refractivity contribution in [3.05, 3.63) is 52.1 Å². The Labute approximate surface area is 368 Å². The Morgan fingerprint density at radius 2 is 1.84 bits per heavy atom. The number of carbonyl (C=O) groups excluding carboxylic acids is 2. The predicted octanol–water partition coefficient (Wildman–Crippen LogP) is 6.42. The number of rotatable bonds is 14. The van der Waals surface area contributed by atoms with Crippen LogP contribution in [0.1, 0.15) is 96.5 Å². The van der Waals surface area contributed by atoms with Crippen molar-refractivity contribution in [1.29, 1.82) is 0 Å². The number of carboxylic acid groups (broad SMARTS) is 1. The second-order valence-corrected chi connectivity index (χ2v) is 19.7. The van der Waals surface area contributed by atoms with Gasteiger partial charge in [0, 0.05) is 86.3 Å². The van der Waals surface area contributed by atoms with Gasteiger partial charge in [0.2, 0.25) is 0 Å². The summed E-state index contributed by atoms with van der Waals surface area (Å²) in [6.07, 6.45) is 5.03. The van der Waals surface area contributed by atoms with Gasteiger partial charge in [0.1, 0.15) is 17.7 Å². The van der Waals surface area contributed by atoms with E-state index in [0.29, 0.717) is 43.4 Å². The van der Waals surface area contributed by atoms with E-state index in [-0.39, 0.29) is 19.1 Å². The number of aliphatic hydroxyl groups is 1. The molecular formula is C46H64N8O7S. The van der Waals surface area contributed by atoms with Crippen molar-refractivity contribution in [2.24, 2.45) is 5.41 Å². The molecule has 1 aromatic carbocycles. The number of amides is 2. The van der Waals surface area contributed by atoms with Gasteiger partial charge < -0.3 is 34.5 Å². The molecule has 4 aromatic rings. The fourth-order valence-corrected chi connectivity index (χ4v) is 9.94. The van der Waals surface area contributed by atoms with E-state index >= 15 is 0 Å². The summed E-state index contributed by atoms with van der Waals surface area (Å²) in [7, 11) is 1.72. The van der Waals surface area contributed by atoms with Gasteiger partial charge in [-0.05, 0) is 102 Å². The average Bonchev–Trinajstić information content (AvgIpc) is 3.99. The summed E-state index contributed by atoms with van der Waals surface area (Å²) >= 11 is 1.39. The topological polar surface area (TPSA) is 175 Å². The average molecular weight is 873 g/mol. The number of anilines is 1. The van der Waals surface area contributed by atoms with Crippen LogP contribution < -0.4 is 15.6 Å². The Hall–Kier alpha value is -4.61. The zero-order valence-electron chi connectivity index (χ0n) is 37.5. The molecule has 3 aliphatic rings. The molecule has 3 aliphatic heterocycles. The quantitative estimate of drug-likeness (QED) is 0.110. The van der Waals surface area contributed by atoms with E-state index in [1.54, 1.807) is 27.9 Å². The first kappa shape index (κ1) is 45.4. The Morgan fingerprint density at radius 1 is 1.06 bits per heavy atom. The molecule has 2 amide bonds. The van der Waals surface area contributed by atoms with Crippen molar-refractivity contribution in [3.63, 3.8) is 0 Å². The number of alkyl carbamates (subject to hydrolysis) is 1. The lowest BCUT2D eigenvalue weighted by molar-refractivity contribution is -0.147. The number of hydrazine groups is 1. The van der Waals surface area contributed by atoms with Crippen molar-refractivity contribution in [1.82, 2.24) is 35.2 Å². The maximum absolute atomic E-state index is 13.9. The minimum Gasteiger partial charge on any atom is -0.480 e. The van der Waals surface area contributed by atoms with Crippen LogP contribution in [0.4, 0.5) is 10.5 Å². The molecule has 3 fully saturated rings. The molecule has 6 heterocycles. The van der Waals surface area contributed by atoms with Crippen LogP contribution in [-0.2, 0) is 38.4 Å². The largest absolute Gasteiger partial charge is 0.480 e. The van der Waals surface area contributed by atoms with Gasteiger partial charge in [-0.1, -0.05) is 19.9 Å². The van der Waals surface area contributed by atoms with Crippen LogP contribution in [0.3, 0.4) is 0 Å². The van der Waals surface area contributed by atoms with Crippen molar-refractivity contribution in [3.8, 4) is 22.5 Å². The molecule has 0 aliphatic carbocycles. The number of thiazole rings is 1. The first-order chi connectivity index (χ1) is 29.5. The smallest absolute Gasteiger partial charge is 0.408 e. The number of aliphatic carboxylic acids is 1. The zero-order valence-corrected chi connectivity index (χ0v) is 38.3. The monoisotopic (exact) mass is 872 g/mol. The van der Waals surface area contributed by atoms with Crippen molar-refractivity contribution >= 4 is 45.9 Å². The van der Waals surface area contributed by atoms with Crippen LogP contribution in [0.5, 0.6) is 0 Å². The number of aryl methyl sites for hydroxylation is 1. The highest BCUT2D eigenvalue weighted by atomic mass is 32.1. The van der Waals surface area contributed by atoms with E-state index in [2.05, 4.69) is 70.1 Å². The molecule has 4 N–H and O–H groups in total. The van der Waals surface area contributed by atoms with Crippen LogP contribution >= 0.6 is 11.3 Å². The number of carboxylic acids is 1. The maximum atomic E-state index is 13.9. The van der Waals surface area contributed by atoms with Gasteiger partial charge in [-0.25, -0.2) is 15.2 Å². The third-order valence-corrected chi connectivity index (χ3v) is 13.3. The van der Waals surface area contributed by atoms with Crippen LogP contribution in [-0.4, -0.2) is 123 Å². The molecular weight excluding hydrogens is 809 g/mol. The van der Waals surface area contributed by atoms with E-state index in [9.17, 15) is 24.6 Å². The van der Waals surface area contributed by atoms with Crippen LogP contribution in [0.2, 0.25) is 0 Å². The number of pyridine rings is 1. The predicted molar refractivity (Wildman–Crippen MR) is 241 cm³/mol. The van der Waals surface area contributed by atoms with Crippen molar-refractivity contribution < 1.29 is 34.1 Å². The van der Waals surface area contributed by atoms with E-state index < -0.39 is 41.1 Å². The summed E-state index contributed by atoms with van der Waals surface area (Å²) in [6, 6.07) is 7.27. The highest BCUT2D eigenvalue weighted by Gasteiger charge is 2.35. The molecule has 7 rings (SSSR count). The standard InChI is InChI=1S/C46H64N8O7S/c1-9-53-38-15-14-29(37-26-62-39(48-37)22-36(49-44(59)61-45(3,4)5)42(56)54-17-11-13-35(50-54)43(57)58)20-32(38)34(23-46(6,7)27-55)41(53)33-21-31(24-47-40(33)28(2)60-8)52-19-18-51-16-10-12-30(51)25-52/h14-15,20-21,24,26,28,30,35-36,50,55H,9-13,16-19,22-23,25,27H2,1-8H3,(H,49,59)(H,57,58)/t28-,30?,35?,36?/m0/s1. The molecule has 0 spiro atoms. The number of aliphatic hydroxyl groups excluding tert-OH is 1. The number of nitrogens with zero attached hydrogens (tertiary/aromatic N) is 6. The van der Waals surface area contributed by atoms with Crippen molar-refractivity contribution in [2.75, 3.05) is 51.3 Å². The van der Waals surface area contributed by atoms with Gasteiger partial charge in [0.25, 0.3) is 5.91 Å². The van der Waals surface area contributed by atoms with Crippen molar-refractivity contribution in [2.45, 2.75) is 123 Å². The Bertz CT molecular complexity index is 2270. The van der Waals surface area contributed by atoms with Gasteiger partial charge >= 0.3 is 12.1 Å². The molecule has 16 heteroatoms. The molecule has 336 valence electrons. The highest BCUT2D eigenvalue weighted by molar-refractivity contribution is 7.10. The second-order valence-electron chi connectivity index (χ2n) is 18.8. The lowest BCUT2D eigenvalue weighted by Gasteiger charge is -2.39. The first-order valence-electron chi connectivity index (χ1n) is 22.0. The zero-order chi connectivity index (χ0) is 44.5. The minimum atomic E-state index is -1.06. The summed E-state index contributed by atoms with van der Waals surface area (Å²) in [6.45, 7) is 18.8. The number of hydrogen-bond acceptors (Lipinski definition) is 12. The van der Waals surface area contributed by atoms with E-state index in [4.69, 9.17) is 19.4 Å². The fraction of sp³-hybridized carbons (Fsp3) is 0.587. The first-order valence-corrected chi connectivity index (χ1v) is 22.9. The van der Waals surface area contributed by atoms with Gasteiger partial charge in [0.15, 0.2) is 0 Å². The number of piperazine rings is 1. The van der Waals surface area contributed by atoms with Crippen LogP contribution in [0.25, 0.3) is 33.4 Å². The van der Waals surface area contributed by atoms with E-state index in [1.165, 1.54) is 35.7 Å². The number of carbonyl (C=O) groups is 3. The van der Waals surface area contributed by atoms with Gasteiger partial charge in [-0.3, -0.25) is 24.5 Å². The number of fused-ring (bicyclic) bond motifs is 2. The molecule has 3 unspecified atom stereocenters. The third-order valence-electron chi connectivity index (χ3n) is 12.4. The lowest BCUT2D eigenvalue weighted by atomic mass is 9.84.